The van der Waals surface area contributed by atoms with Gasteiger partial charge in [0.2, 0.25) is 0 Å². The molecule has 2 aromatic heterocycles. The summed E-state index contributed by atoms with van der Waals surface area (Å²) < 4.78 is 1.89. The lowest BCUT2D eigenvalue weighted by Gasteiger charge is -2.28. The highest BCUT2D eigenvalue weighted by Crippen LogP contribution is 2.37. The molecule has 2 aromatic carbocycles. The summed E-state index contributed by atoms with van der Waals surface area (Å²) in [7, 11) is 0. The third-order valence-corrected chi connectivity index (χ3v) is 7.01. The number of aromatic nitrogens is 2. The van der Waals surface area contributed by atoms with Crippen molar-refractivity contribution in [2.75, 3.05) is 0 Å². The summed E-state index contributed by atoms with van der Waals surface area (Å²) in [5, 5.41) is 12.0. The second-order valence-corrected chi connectivity index (χ2v) is 9.42. The SMILES string of the molecule is O=C(O)CC1CCC(c2ccc(-c3ccc4nc(C(=O)NCc5ccccc5)cn4c3)cc2)CC1. The van der Waals surface area contributed by atoms with Crippen LogP contribution in [-0.4, -0.2) is 26.4 Å². The molecular formula is C29H29N3O3. The quantitative estimate of drug-likeness (QED) is 0.366. The first kappa shape index (κ1) is 22.8. The molecule has 0 radical (unpaired) electrons. The highest BCUT2D eigenvalue weighted by Gasteiger charge is 2.24. The predicted octanol–water partition coefficient (Wildman–Crippen LogP) is 5.68. The molecule has 1 aliphatic rings. The Morgan fingerprint density at radius 3 is 2.31 bits per heavy atom. The van der Waals surface area contributed by atoms with E-state index in [4.69, 9.17) is 5.11 Å². The summed E-state index contributed by atoms with van der Waals surface area (Å²) in [6, 6.07) is 22.4. The number of nitrogens with zero attached hydrogens (tertiary/aromatic N) is 2. The van der Waals surface area contributed by atoms with Crippen molar-refractivity contribution in [1.82, 2.24) is 14.7 Å². The Morgan fingerprint density at radius 2 is 1.60 bits per heavy atom. The number of nitrogens with one attached hydrogen (secondary N) is 1. The normalized spacial score (nSPS) is 17.8. The van der Waals surface area contributed by atoms with Gasteiger partial charge in [0.25, 0.3) is 5.91 Å². The third-order valence-electron chi connectivity index (χ3n) is 7.01. The molecule has 4 aromatic rings. The summed E-state index contributed by atoms with van der Waals surface area (Å²) in [6.45, 7) is 0.465. The molecular weight excluding hydrogens is 438 g/mol. The van der Waals surface area contributed by atoms with Gasteiger partial charge in [0.05, 0.1) is 0 Å². The van der Waals surface area contributed by atoms with Crippen molar-refractivity contribution in [2.45, 2.75) is 44.6 Å². The van der Waals surface area contributed by atoms with Crippen molar-refractivity contribution in [3.8, 4) is 11.1 Å². The molecule has 0 atom stereocenters. The number of aliphatic carboxylic acids is 1. The third kappa shape index (κ3) is 5.43. The van der Waals surface area contributed by atoms with Gasteiger partial charge in [-0.3, -0.25) is 9.59 Å². The van der Waals surface area contributed by atoms with Crippen LogP contribution in [0.5, 0.6) is 0 Å². The fraction of sp³-hybridized carbons (Fsp3) is 0.276. The first-order valence-corrected chi connectivity index (χ1v) is 12.2. The molecule has 5 rings (SSSR count). The van der Waals surface area contributed by atoms with E-state index in [1.54, 1.807) is 6.20 Å². The number of hydrogen-bond acceptors (Lipinski definition) is 3. The average Bonchev–Trinajstić information content (AvgIpc) is 3.32. The molecule has 0 spiro atoms. The van der Waals surface area contributed by atoms with Gasteiger partial charge in [-0.15, -0.1) is 0 Å². The van der Waals surface area contributed by atoms with Crippen molar-refractivity contribution in [2.24, 2.45) is 5.92 Å². The van der Waals surface area contributed by atoms with E-state index in [0.29, 0.717) is 30.5 Å². The molecule has 0 unspecified atom stereocenters. The minimum Gasteiger partial charge on any atom is -0.481 e. The zero-order valence-corrected chi connectivity index (χ0v) is 19.6. The number of pyridine rings is 1. The van der Waals surface area contributed by atoms with E-state index in [2.05, 4.69) is 34.6 Å². The maximum Gasteiger partial charge on any atom is 0.303 e. The maximum absolute atomic E-state index is 12.6. The summed E-state index contributed by atoms with van der Waals surface area (Å²) in [4.78, 5) is 28.0. The van der Waals surface area contributed by atoms with Gasteiger partial charge in [0.1, 0.15) is 11.3 Å². The van der Waals surface area contributed by atoms with Crippen molar-refractivity contribution in [3.63, 3.8) is 0 Å². The number of carboxylic acid groups (broad SMARTS) is 1. The van der Waals surface area contributed by atoms with Crippen LogP contribution in [0.2, 0.25) is 0 Å². The number of carbonyl (C=O) groups is 2. The number of imidazole rings is 1. The van der Waals surface area contributed by atoms with Crippen molar-refractivity contribution in [3.05, 3.63) is 95.9 Å². The molecule has 0 saturated heterocycles. The molecule has 2 heterocycles. The van der Waals surface area contributed by atoms with E-state index in [1.807, 2.05) is 53.1 Å². The van der Waals surface area contributed by atoms with Crippen molar-refractivity contribution >= 4 is 17.5 Å². The van der Waals surface area contributed by atoms with Crippen LogP contribution in [0.4, 0.5) is 0 Å². The highest BCUT2D eigenvalue weighted by molar-refractivity contribution is 5.92. The van der Waals surface area contributed by atoms with Gasteiger partial charge in [-0.1, -0.05) is 54.6 Å². The first-order chi connectivity index (χ1) is 17.0. The van der Waals surface area contributed by atoms with Crippen molar-refractivity contribution in [1.29, 1.82) is 0 Å². The number of amides is 1. The van der Waals surface area contributed by atoms with Crippen molar-refractivity contribution < 1.29 is 14.7 Å². The fourth-order valence-corrected chi connectivity index (χ4v) is 5.04. The van der Waals surface area contributed by atoms with Crippen LogP contribution in [0.15, 0.2) is 79.1 Å². The molecule has 1 saturated carbocycles. The second-order valence-electron chi connectivity index (χ2n) is 9.42. The number of benzene rings is 2. The summed E-state index contributed by atoms with van der Waals surface area (Å²) in [6.07, 6.45) is 8.12. The van der Waals surface area contributed by atoms with Crippen LogP contribution in [0.25, 0.3) is 16.8 Å². The van der Waals surface area contributed by atoms with E-state index < -0.39 is 5.97 Å². The summed E-state index contributed by atoms with van der Waals surface area (Å²) >= 11 is 0. The van der Waals surface area contributed by atoms with E-state index >= 15 is 0 Å². The lowest BCUT2D eigenvalue weighted by Crippen LogP contribution is -2.23. The monoisotopic (exact) mass is 467 g/mol. The lowest BCUT2D eigenvalue weighted by molar-refractivity contribution is -0.138. The zero-order valence-electron chi connectivity index (χ0n) is 19.6. The Kier molecular flexibility index (Phi) is 6.62. The molecule has 35 heavy (non-hydrogen) atoms. The predicted molar refractivity (Wildman–Crippen MR) is 135 cm³/mol. The van der Waals surface area contributed by atoms with Gasteiger partial charge in [-0.25, -0.2) is 4.98 Å². The van der Waals surface area contributed by atoms with Gasteiger partial charge >= 0.3 is 5.97 Å². The smallest absolute Gasteiger partial charge is 0.303 e. The van der Waals surface area contributed by atoms with Gasteiger partial charge in [0.15, 0.2) is 0 Å². The van der Waals surface area contributed by atoms with E-state index in [1.165, 1.54) is 5.56 Å². The number of fused-ring (bicyclic) bond motifs is 1. The van der Waals surface area contributed by atoms with Crippen LogP contribution in [-0.2, 0) is 11.3 Å². The molecule has 6 nitrogen and oxygen atoms in total. The number of rotatable bonds is 7. The Balaban J connectivity index is 1.24. The Labute approximate surface area is 204 Å². The van der Waals surface area contributed by atoms with E-state index in [0.717, 1.165) is 48.0 Å². The van der Waals surface area contributed by atoms with Crippen LogP contribution in [0.3, 0.4) is 0 Å². The number of carbonyl (C=O) groups excluding carboxylic acids is 1. The molecule has 2 N–H and O–H groups in total. The molecule has 0 bridgehead atoms. The van der Waals surface area contributed by atoms with Gasteiger partial charge < -0.3 is 14.8 Å². The standard InChI is InChI=1S/C29H29N3O3/c33-28(34)16-20-6-8-22(9-7-20)23-10-12-24(13-11-23)25-14-15-27-31-26(19-32(27)18-25)29(35)30-17-21-4-2-1-3-5-21/h1-5,10-15,18-20,22H,6-9,16-17H2,(H,30,35)(H,33,34). The molecule has 1 amide bonds. The molecule has 6 heteroatoms. The minimum absolute atomic E-state index is 0.193. The van der Waals surface area contributed by atoms with Gasteiger partial charge in [0, 0.05) is 25.4 Å². The Bertz CT molecular complexity index is 1320. The highest BCUT2D eigenvalue weighted by atomic mass is 16.4. The zero-order chi connectivity index (χ0) is 24.2. The van der Waals surface area contributed by atoms with E-state index in [9.17, 15) is 9.59 Å². The molecule has 0 aliphatic heterocycles. The molecule has 178 valence electrons. The Morgan fingerprint density at radius 1 is 0.886 bits per heavy atom. The topological polar surface area (TPSA) is 83.7 Å². The van der Waals surface area contributed by atoms with E-state index in [-0.39, 0.29) is 5.91 Å². The Hall–Kier alpha value is -3.93. The second kappa shape index (κ2) is 10.1. The largest absolute Gasteiger partial charge is 0.481 e. The fourth-order valence-electron chi connectivity index (χ4n) is 5.04. The molecule has 1 aliphatic carbocycles. The van der Waals surface area contributed by atoms with Crippen LogP contribution in [0.1, 0.15) is 59.6 Å². The first-order valence-electron chi connectivity index (χ1n) is 12.2. The van der Waals surface area contributed by atoms with Crippen LogP contribution in [0, 0.1) is 5.92 Å². The maximum atomic E-state index is 12.6. The summed E-state index contributed by atoms with van der Waals surface area (Å²) in [5.74, 6) is -0.0634. The summed E-state index contributed by atoms with van der Waals surface area (Å²) in [5.41, 5.74) is 5.66. The average molecular weight is 468 g/mol. The number of hydrogen-bond donors (Lipinski definition) is 2. The number of carboxylic acids is 1. The van der Waals surface area contributed by atoms with Crippen LogP contribution >= 0.6 is 0 Å². The van der Waals surface area contributed by atoms with Gasteiger partial charge in [-0.05, 0) is 71.9 Å². The van der Waals surface area contributed by atoms with Crippen LogP contribution < -0.4 is 5.32 Å². The van der Waals surface area contributed by atoms with Gasteiger partial charge in [-0.2, -0.15) is 0 Å². The lowest BCUT2D eigenvalue weighted by atomic mass is 9.77. The minimum atomic E-state index is -0.687. The molecule has 1 fully saturated rings.